The van der Waals surface area contributed by atoms with Crippen LogP contribution in [0.25, 0.3) is 0 Å². The van der Waals surface area contributed by atoms with Crippen molar-refractivity contribution in [2.24, 2.45) is 5.92 Å². The van der Waals surface area contributed by atoms with Crippen molar-refractivity contribution in [1.29, 1.82) is 0 Å². The lowest BCUT2D eigenvalue weighted by Gasteiger charge is -2.18. The van der Waals surface area contributed by atoms with Crippen molar-refractivity contribution in [3.05, 3.63) is 0 Å². The van der Waals surface area contributed by atoms with E-state index in [4.69, 9.17) is 26.0 Å². The van der Waals surface area contributed by atoms with Gasteiger partial charge in [0.1, 0.15) is 0 Å². The third kappa shape index (κ3) is 16.7. The van der Waals surface area contributed by atoms with Crippen molar-refractivity contribution in [2.45, 2.75) is 64.7 Å². The molecule has 98 valence electrons. The Hall–Kier alpha value is 0.310. The molecule has 0 aromatic carbocycles. The van der Waals surface area contributed by atoms with Crippen LogP contribution in [-0.4, -0.2) is 15.2 Å². The minimum absolute atomic E-state index is 0.364. The average Bonchev–Trinajstić information content (AvgIpc) is 2.16. The largest absolute Gasteiger partial charge is 0.692 e. The minimum atomic E-state index is -2.87. The normalized spacial score (nSPS) is 11.9. The molecule has 0 aliphatic heterocycles. The highest BCUT2D eigenvalue weighted by Crippen LogP contribution is 2.23. The maximum atomic E-state index is 8.70. The Bertz CT molecular complexity index is 153. The van der Waals surface area contributed by atoms with Gasteiger partial charge in [-0.2, -0.15) is 0 Å². The van der Waals surface area contributed by atoms with Gasteiger partial charge >= 0.3 is 8.25 Å². The molecular weight excluding hydrogens is 247 g/mol. The Morgan fingerprint density at radius 1 is 1.12 bits per heavy atom. The van der Waals surface area contributed by atoms with E-state index in [1.165, 1.54) is 38.5 Å². The summed E-state index contributed by atoms with van der Waals surface area (Å²) in [6.07, 6.45) is 7.91. The second kappa shape index (κ2) is 13.4. The van der Waals surface area contributed by atoms with Gasteiger partial charge in [0.2, 0.25) is 0 Å². The van der Waals surface area contributed by atoms with Gasteiger partial charge in [0.25, 0.3) is 0 Å². The summed E-state index contributed by atoms with van der Waals surface area (Å²) in [7, 11) is -2.87. The molecule has 0 rings (SSSR count). The van der Waals surface area contributed by atoms with E-state index < -0.39 is 8.25 Å². The van der Waals surface area contributed by atoms with Crippen LogP contribution in [0.15, 0.2) is 0 Å². The summed E-state index contributed by atoms with van der Waals surface area (Å²) < 4.78 is 8.70. The Labute approximate surface area is 105 Å². The van der Waals surface area contributed by atoms with Crippen LogP contribution in [0.3, 0.4) is 0 Å². The highest BCUT2D eigenvalue weighted by Gasteiger charge is 2.13. The molecule has 0 aromatic rings. The predicted octanol–water partition coefficient (Wildman–Crippen LogP) is 4.24. The summed E-state index contributed by atoms with van der Waals surface area (Å²) in [5.74, 6) is 0.756. The number of halogens is 1. The fraction of sp³-hybridized carbons (Fsp3) is 1.00. The Kier molecular flexibility index (Phi) is 15.6. The molecule has 3 nitrogen and oxygen atoms in total. The highest BCUT2D eigenvalue weighted by molar-refractivity contribution is 7.30. The van der Waals surface area contributed by atoms with E-state index in [0.717, 1.165) is 5.92 Å². The molecule has 0 aliphatic rings. The number of rotatable bonds is 7. The lowest BCUT2D eigenvalue weighted by Crippen LogP contribution is -2.11. The van der Waals surface area contributed by atoms with Crippen LogP contribution in [0, 0.1) is 5.92 Å². The zero-order valence-electron chi connectivity index (χ0n) is 10.5. The maximum Gasteiger partial charge on any atom is 0.692 e. The first-order valence-corrected chi connectivity index (χ1v) is 7.54. The van der Waals surface area contributed by atoms with E-state index in [9.17, 15) is 0 Å². The van der Waals surface area contributed by atoms with Crippen LogP contribution in [-0.2, 0) is 4.57 Å². The smallest absolute Gasteiger partial charge is 0.134 e. The van der Waals surface area contributed by atoms with Gasteiger partial charge in [-0.1, -0.05) is 39.5 Å². The zero-order valence-corrected chi connectivity index (χ0v) is 12.2. The molecule has 2 N–H and O–H groups in total. The highest BCUT2D eigenvalue weighted by atomic mass is 35.5. The topological polar surface area (TPSA) is 57.5 Å². The van der Waals surface area contributed by atoms with Gasteiger partial charge in [-0.25, -0.2) is 0 Å². The molecule has 0 spiro atoms. The predicted molar refractivity (Wildman–Crippen MR) is 69.9 cm³/mol. The molecule has 0 fully saturated rings. The molecule has 0 saturated carbocycles. The Morgan fingerprint density at radius 3 is 1.62 bits per heavy atom. The molecular formula is C11H25ClO3P+. The van der Waals surface area contributed by atoms with Crippen molar-refractivity contribution in [2.75, 3.05) is 0 Å². The first kappa shape index (κ1) is 18.7. The molecule has 16 heavy (non-hydrogen) atoms. The van der Waals surface area contributed by atoms with Crippen molar-refractivity contribution >= 4 is 19.9 Å². The van der Waals surface area contributed by atoms with Gasteiger partial charge in [-0.3, -0.25) is 0 Å². The van der Waals surface area contributed by atoms with Gasteiger partial charge in [-0.15, -0.1) is 21.4 Å². The van der Waals surface area contributed by atoms with Gasteiger partial charge in [0.15, 0.2) is 0 Å². The molecule has 0 aromatic heterocycles. The fourth-order valence-corrected chi connectivity index (χ4v) is 1.79. The van der Waals surface area contributed by atoms with Crippen LogP contribution >= 0.6 is 19.9 Å². The molecule has 1 atom stereocenters. The number of hydrogen-bond acceptors (Lipinski definition) is 1. The molecule has 0 heterocycles. The molecule has 0 saturated heterocycles. The lowest BCUT2D eigenvalue weighted by molar-refractivity contribution is 0.405. The van der Waals surface area contributed by atoms with E-state index in [2.05, 4.69) is 20.8 Å². The van der Waals surface area contributed by atoms with Gasteiger partial charge in [0, 0.05) is 9.94 Å². The molecule has 0 radical (unpaired) electrons. The zero-order chi connectivity index (χ0) is 13.0. The van der Waals surface area contributed by atoms with E-state index in [0.29, 0.717) is 5.38 Å². The maximum absolute atomic E-state index is 8.70. The second-order valence-electron chi connectivity index (χ2n) is 3.97. The van der Waals surface area contributed by atoms with Crippen LogP contribution in [0.1, 0.15) is 59.3 Å². The number of unbranched alkanes of at least 4 members (excludes halogenated alkanes) is 2. The second-order valence-corrected chi connectivity index (χ2v) is 5.17. The average molecular weight is 272 g/mol. The van der Waals surface area contributed by atoms with Gasteiger partial charge < -0.3 is 0 Å². The van der Waals surface area contributed by atoms with E-state index in [1.54, 1.807) is 0 Å². The first-order valence-electron chi connectivity index (χ1n) is 5.94. The van der Waals surface area contributed by atoms with Crippen LogP contribution in [0.4, 0.5) is 0 Å². The van der Waals surface area contributed by atoms with Crippen LogP contribution in [0.5, 0.6) is 0 Å². The third-order valence-electron chi connectivity index (χ3n) is 2.51. The van der Waals surface area contributed by atoms with Crippen molar-refractivity contribution < 1.29 is 14.4 Å². The lowest BCUT2D eigenvalue weighted by atomic mass is 9.93. The van der Waals surface area contributed by atoms with Crippen LogP contribution < -0.4 is 0 Å². The quantitative estimate of drug-likeness (QED) is 0.538. The Morgan fingerprint density at radius 2 is 1.44 bits per heavy atom. The van der Waals surface area contributed by atoms with Crippen molar-refractivity contribution in [1.82, 2.24) is 0 Å². The number of alkyl halides is 1. The molecule has 5 heteroatoms. The summed E-state index contributed by atoms with van der Waals surface area (Å²) in [5.41, 5.74) is 0. The fourth-order valence-electron chi connectivity index (χ4n) is 1.54. The summed E-state index contributed by atoms with van der Waals surface area (Å²) in [6.45, 7) is 6.63. The molecule has 1 unspecified atom stereocenters. The summed E-state index contributed by atoms with van der Waals surface area (Å²) >= 11 is 6.12. The van der Waals surface area contributed by atoms with E-state index in [-0.39, 0.29) is 0 Å². The third-order valence-corrected chi connectivity index (χ3v) is 2.86. The van der Waals surface area contributed by atoms with Gasteiger partial charge in [-0.05, 0) is 25.7 Å². The van der Waals surface area contributed by atoms with E-state index in [1.807, 2.05) is 0 Å². The monoisotopic (exact) mass is 271 g/mol. The van der Waals surface area contributed by atoms with Crippen molar-refractivity contribution in [3.8, 4) is 0 Å². The summed E-state index contributed by atoms with van der Waals surface area (Å²) in [4.78, 5) is 14.2. The number of hydrogen-bond donors (Lipinski definition) is 2. The first-order chi connectivity index (χ1) is 7.45. The SMILES string of the molecule is CCCCC(CCCC)C(C)Cl.O=[P+](O)O. The molecule has 0 aliphatic carbocycles. The van der Waals surface area contributed by atoms with E-state index >= 15 is 0 Å². The summed E-state index contributed by atoms with van der Waals surface area (Å²) in [5, 5.41) is 0.364. The molecule has 0 bridgehead atoms. The minimum Gasteiger partial charge on any atom is -0.134 e. The standard InChI is InChI=1S/C11H23Cl.HO3P/c1-4-6-8-11(10(3)12)9-7-5-2;1-4(2)3/h10-11H,4-9H2,1-3H3;(H-,1,2,3)/p+1. The molecule has 0 amide bonds. The van der Waals surface area contributed by atoms with Gasteiger partial charge in [0.05, 0.1) is 0 Å². The summed E-state index contributed by atoms with van der Waals surface area (Å²) in [6, 6.07) is 0. The van der Waals surface area contributed by atoms with Crippen LogP contribution in [0.2, 0.25) is 0 Å². The van der Waals surface area contributed by atoms with Crippen molar-refractivity contribution in [3.63, 3.8) is 0 Å². The Balaban J connectivity index is 0.